The fourth-order valence-corrected chi connectivity index (χ4v) is 2.30. The zero-order valence-electron chi connectivity index (χ0n) is 10.2. The smallest absolute Gasteiger partial charge is 0.350 e. The lowest BCUT2D eigenvalue weighted by Gasteiger charge is -2.08. The van der Waals surface area contributed by atoms with E-state index in [9.17, 15) is 4.79 Å². The van der Waals surface area contributed by atoms with Crippen LogP contribution in [-0.2, 0) is 0 Å². The maximum atomic E-state index is 11.6. The van der Waals surface area contributed by atoms with E-state index >= 15 is 0 Å². The van der Waals surface area contributed by atoms with Crippen molar-refractivity contribution < 1.29 is 13.6 Å². The summed E-state index contributed by atoms with van der Waals surface area (Å²) >= 11 is 3.18. The molecular weight excluding hydrogens is 312 g/mol. The molecule has 0 fully saturated rings. The van der Waals surface area contributed by atoms with Gasteiger partial charge in [-0.2, -0.15) is 0 Å². The highest BCUT2D eigenvalue weighted by Gasteiger charge is 2.15. The van der Waals surface area contributed by atoms with Crippen molar-refractivity contribution in [2.45, 2.75) is 13.3 Å². The van der Waals surface area contributed by atoms with E-state index in [-0.39, 0.29) is 0 Å². The maximum absolute atomic E-state index is 11.6. The van der Waals surface area contributed by atoms with Crippen LogP contribution in [0.25, 0.3) is 21.9 Å². The SMILES string of the molecule is CCCOc1c2occc2cc2cc(Br)c(=O)oc12. The van der Waals surface area contributed by atoms with Crippen LogP contribution >= 0.6 is 15.9 Å². The first kappa shape index (κ1) is 12.3. The van der Waals surface area contributed by atoms with Gasteiger partial charge in [-0.15, -0.1) is 0 Å². The molecule has 0 aliphatic carbocycles. The Balaban J connectivity index is 2.38. The molecular formula is C14H11BrO4. The van der Waals surface area contributed by atoms with Crippen LogP contribution in [-0.4, -0.2) is 6.61 Å². The zero-order valence-corrected chi connectivity index (χ0v) is 11.8. The van der Waals surface area contributed by atoms with Crippen molar-refractivity contribution in [3.63, 3.8) is 0 Å². The predicted molar refractivity (Wildman–Crippen MR) is 75.7 cm³/mol. The molecule has 5 heteroatoms. The molecule has 0 bridgehead atoms. The third kappa shape index (κ3) is 2.04. The van der Waals surface area contributed by atoms with Crippen LogP contribution in [0.2, 0.25) is 0 Å². The molecule has 2 aromatic heterocycles. The summed E-state index contributed by atoms with van der Waals surface area (Å²) < 4.78 is 16.8. The van der Waals surface area contributed by atoms with Crippen LogP contribution in [0.4, 0.5) is 0 Å². The molecule has 0 aliphatic heterocycles. The molecule has 0 unspecified atom stereocenters. The molecule has 19 heavy (non-hydrogen) atoms. The number of rotatable bonds is 3. The topological polar surface area (TPSA) is 52.6 Å². The minimum atomic E-state index is -0.431. The molecule has 0 atom stereocenters. The number of ether oxygens (including phenoxy) is 1. The molecule has 3 aromatic rings. The summed E-state index contributed by atoms with van der Waals surface area (Å²) in [7, 11) is 0. The van der Waals surface area contributed by atoms with Crippen molar-refractivity contribution in [3.8, 4) is 5.75 Å². The lowest BCUT2D eigenvalue weighted by molar-refractivity contribution is 0.314. The minimum Gasteiger partial charge on any atom is -0.486 e. The van der Waals surface area contributed by atoms with E-state index in [1.165, 1.54) is 0 Å². The third-order valence-corrected chi connectivity index (χ3v) is 3.36. The number of benzene rings is 1. The lowest BCUT2D eigenvalue weighted by Crippen LogP contribution is -2.01. The second-order valence-electron chi connectivity index (χ2n) is 4.19. The normalized spacial score (nSPS) is 11.3. The summed E-state index contributed by atoms with van der Waals surface area (Å²) in [5.41, 5.74) is 0.593. The number of hydrogen-bond acceptors (Lipinski definition) is 4. The van der Waals surface area contributed by atoms with Crippen molar-refractivity contribution in [3.05, 3.63) is 39.4 Å². The van der Waals surface area contributed by atoms with E-state index in [2.05, 4.69) is 15.9 Å². The number of furan rings is 1. The third-order valence-electron chi connectivity index (χ3n) is 2.80. The highest BCUT2D eigenvalue weighted by Crippen LogP contribution is 2.35. The van der Waals surface area contributed by atoms with Crippen molar-refractivity contribution >= 4 is 37.9 Å². The quantitative estimate of drug-likeness (QED) is 0.681. The van der Waals surface area contributed by atoms with Gasteiger partial charge in [-0.25, -0.2) is 4.79 Å². The van der Waals surface area contributed by atoms with Crippen LogP contribution in [0.3, 0.4) is 0 Å². The van der Waals surface area contributed by atoms with Crippen molar-refractivity contribution in [2.24, 2.45) is 0 Å². The first-order valence-corrected chi connectivity index (χ1v) is 6.76. The molecule has 4 nitrogen and oxygen atoms in total. The summed E-state index contributed by atoms with van der Waals surface area (Å²) in [5, 5.41) is 1.71. The minimum absolute atomic E-state index is 0.393. The first-order valence-electron chi connectivity index (χ1n) is 5.97. The molecule has 3 rings (SSSR count). The zero-order chi connectivity index (χ0) is 13.4. The monoisotopic (exact) mass is 322 g/mol. The average Bonchev–Trinajstić information content (AvgIpc) is 2.84. The van der Waals surface area contributed by atoms with E-state index in [0.717, 1.165) is 17.2 Å². The molecule has 98 valence electrons. The number of halogens is 1. The predicted octanol–water partition coefficient (Wildman–Crippen LogP) is 4.09. The molecule has 0 aliphatic rings. The van der Waals surface area contributed by atoms with Gasteiger partial charge in [0.05, 0.1) is 12.9 Å². The van der Waals surface area contributed by atoms with E-state index < -0.39 is 5.63 Å². The summed E-state index contributed by atoms with van der Waals surface area (Å²) in [5.74, 6) is 0.490. The van der Waals surface area contributed by atoms with Gasteiger partial charge in [-0.1, -0.05) is 6.92 Å². The fraction of sp³-hybridized carbons (Fsp3) is 0.214. The second-order valence-corrected chi connectivity index (χ2v) is 5.05. The van der Waals surface area contributed by atoms with Gasteiger partial charge in [0, 0.05) is 10.8 Å². The second kappa shape index (κ2) is 4.74. The molecule has 2 heterocycles. The Morgan fingerprint density at radius 3 is 2.89 bits per heavy atom. The summed E-state index contributed by atoms with van der Waals surface area (Å²) in [6.07, 6.45) is 2.45. The van der Waals surface area contributed by atoms with Gasteiger partial charge in [0.25, 0.3) is 0 Å². The molecule has 0 radical (unpaired) electrons. The highest BCUT2D eigenvalue weighted by atomic mass is 79.9. The van der Waals surface area contributed by atoms with Crippen molar-refractivity contribution in [1.29, 1.82) is 0 Å². The Morgan fingerprint density at radius 2 is 2.11 bits per heavy atom. The van der Waals surface area contributed by atoms with Crippen LogP contribution in [0, 0.1) is 0 Å². The van der Waals surface area contributed by atoms with Crippen LogP contribution in [0.15, 0.2) is 42.6 Å². The standard InChI is InChI=1S/C14H11BrO4/c1-2-4-17-13-11-8(3-5-18-11)6-9-7-10(15)14(16)19-12(9)13/h3,5-7H,2,4H2,1H3. The van der Waals surface area contributed by atoms with Crippen LogP contribution < -0.4 is 10.4 Å². The molecule has 0 saturated carbocycles. The van der Waals surface area contributed by atoms with Gasteiger partial charge in [-0.05, 0) is 40.5 Å². The molecule has 0 amide bonds. The number of fused-ring (bicyclic) bond motifs is 2. The largest absolute Gasteiger partial charge is 0.486 e. The Hall–Kier alpha value is -1.75. The lowest BCUT2D eigenvalue weighted by atomic mass is 10.1. The molecule has 1 aromatic carbocycles. The highest BCUT2D eigenvalue weighted by molar-refractivity contribution is 9.10. The van der Waals surface area contributed by atoms with Crippen LogP contribution in [0.1, 0.15) is 13.3 Å². The van der Waals surface area contributed by atoms with E-state index in [1.807, 2.05) is 19.1 Å². The average molecular weight is 323 g/mol. The Morgan fingerprint density at radius 1 is 1.26 bits per heavy atom. The Labute approximate surface area is 117 Å². The first-order chi connectivity index (χ1) is 9.20. The van der Waals surface area contributed by atoms with Crippen molar-refractivity contribution in [1.82, 2.24) is 0 Å². The Bertz CT molecular complexity index is 800. The van der Waals surface area contributed by atoms with Crippen LogP contribution in [0.5, 0.6) is 5.75 Å². The summed E-state index contributed by atoms with van der Waals surface area (Å²) in [6, 6.07) is 5.49. The van der Waals surface area contributed by atoms with Gasteiger partial charge < -0.3 is 13.6 Å². The summed E-state index contributed by atoms with van der Waals surface area (Å²) in [4.78, 5) is 11.6. The Kier molecular flexibility index (Phi) is 3.06. The van der Waals surface area contributed by atoms with Gasteiger partial charge in [0.15, 0.2) is 11.2 Å². The van der Waals surface area contributed by atoms with Gasteiger partial charge in [-0.3, -0.25) is 0 Å². The van der Waals surface area contributed by atoms with E-state index in [4.69, 9.17) is 13.6 Å². The van der Waals surface area contributed by atoms with E-state index in [1.54, 1.807) is 12.3 Å². The molecule has 0 spiro atoms. The van der Waals surface area contributed by atoms with E-state index in [0.29, 0.717) is 28.0 Å². The fourth-order valence-electron chi connectivity index (χ4n) is 1.97. The molecule has 0 N–H and O–H groups in total. The summed E-state index contributed by atoms with van der Waals surface area (Å²) in [6.45, 7) is 2.55. The number of hydrogen-bond donors (Lipinski definition) is 0. The van der Waals surface area contributed by atoms with Gasteiger partial charge in [0.2, 0.25) is 5.75 Å². The maximum Gasteiger partial charge on any atom is 0.350 e. The van der Waals surface area contributed by atoms with Gasteiger partial charge in [0.1, 0.15) is 4.47 Å². The van der Waals surface area contributed by atoms with Crippen molar-refractivity contribution in [2.75, 3.05) is 6.61 Å². The van der Waals surface area contributed by atoms with Gasteiger partial charge >= 0.3 is 5.63 Å². The molecule has 0 saturated heterocycles.